The molecule has 1 aromatic heterocycles. The average Bonchev–Trinajstić information content (AvgIpc) is 2.70. The molecule has 0 saturated carbocycles. The third-order valence-corrected chi connectivity index (χ3v) is 4.59. The normalized spacial score (nSPS) is 10.5. The molecule has 154 valence electrons. The molecular formula is C22H21ClN4O3. The molecule has 3 aromatic rings. The predicted octanol–water partition coefficient (Wildman–Crippen LogP) is 3.67. The van der Waals surface area contributed by atoms with Gasteiger partial charge in [-0.2, -0.15) is 0 Å². The summed E-state index contributed by atoms with van der Waals surface area (Å²) < 4.78 is 0. The molecule has 2 aromatic carbocycles. The molecule has 1 heterocycles. The summed E-state index contributed by atoms with van der Waals surface area (Å²) in [4.78, 5) is 33.9. The molecule has 8 heteroatoms. The molecule has 0 fully saturated rings. The number of carbonyl (C=O) groups excluding carboxylic acids is 1. The topological polar surface area (TPSA) is 95.4 Å². The van der Waals surface area contributed by atoms with Crippen molar-refractivity contribution < 1.29 is 14.7 Å². The highest BCUT2D eigenvalue weighted by Gasteiger charge is 2.13. The van der Waals surface area contributed by atoms with E-state index in [0.717, 1.165) is 5.56 Å². The van der Waals surface area contributed by atoms with Crippen LogP contribution in [0.5, 0.6) is 0 Å². The van der Waals surface area contributed by atoms with Crippen LogP contribution in [0.3, 0.4) is 0 Å². The van der Waals surface area contributed by atoms with E-state index in [-0.39, 0.29) is 12.3 Å². The smallest absolute Gasteiger partial charge is 0.308 e. The maximum Gasteiger partial charge on any atom is 0.308 e. The zero-order valence-electron chi connectivity index (χ0n) is 16.6. The quantitative estimate of drug-likeness (QED) is 0.600. The summed E-state index contributed by atoms with van der Waals surface area (Å²) in [7, 11) is 3.63. The number of halogens is 1. The second-order valence-corrected chi connectivity index (χ2v) is 7.37. The fraction of sp³-hybridized carbons (Fsp3) is 0.182. The van der Waals surface area contributed by atoms with E-state index in [0.29, 0.717) is 39.9 Å². The highest BCUT2D eigenvalue weighted by Crippen LogP contribution is 2.18. The number of hydrogen-bond donors (Lipinski definition) is 2. The molecule has 0 aliphatic heterocycles. The molecule has 0 aliphatic rings. The Morgan fingerprint density at radius 2 is 1.73 bits per heavy atom. The van der Waals surface area contributed by atoms with Crippen molar-refractivity contribution in [1.29, 1.82) is 0 Å². The average molecular weight is 425 g/mol. The van der Waals surface area contributed by atoms with Crippen LogP contribution in [-0.2, 0) is 17.6 Å². The summed E-state index contributed by atoms with van der Waals surface area (Å²) >= 11 is 5.85. The van der Waals surface area contributed by atoms with Gasteiger partial charge in [0.25, 0.3) is 5.91 Å². The van der Waals surface area contributed by atoms with Gasteiger partial charge in [0.2, 0.25) is 0 Å². The Bertz CT molecular complexity index is 1050. The third kappa shape index (κ3) is 5.55. The van der Waals surface area contributed by atoms with Crippen LogP contribution in [-0.4, -0.2) is 41.0 Å². The first-order chi connectivity index (χ1) is 14.3. The first kappa shape index (κ1) is 21.3. The van der Waals surface area contributed by atoms with Crippen LogP contribution in [0.15, 0.2) is 54.7 Å². The zero-order chi connectivity index (χ0) is 21.7. The summed E-state index contributed by atoms with van der Waals surface area (Å²) in [6.45, 7) is 0. The van der Waals surface area contributed by atoms with Gasteiger partial charge in [0.15, 0.2) is 0 Å². The minimum atomic E-state index is -0.925. The van der Waals surface area contributed by atoms with Crippen molar-refractivity contribution in [2.75, 3.05) is 24.3 Å². The maximum atomic E-state index is 12.3. The Morgan fingerprint density at radius 1 is 1.07 bits per heavy atom. The van der Waals surface area contributed by atoms with E-state index in [9.17, 15) is 9.59 Å². The molecule has 3 rings (SSSR count). The van der Waals surface area contributed by atoms with Gasteiger partial charge in [0.05, 0.1) is 6.42 Å². The molecule has 0 aliphatic carbocycles. The Hall–Kier alpha value is -3.45. The number of nitrogens with one attached hydrogen (secondary N) is 1. The van der Waals surface area contributed by atoms with Gasteiger partial charge in [-0.15, -0.1) is 0 Å². The van der Waals surface area contributed by atoms with Gasteiger partial charge in [-0.25, -0.2) is 9.97 Å². The van der Waals surface area contributed by atoms with Gasteiger partial charge in [-0.1, -0.05) is 23.7 Å². The standard InChI is InChI=1S/C22H21ClN4O3/c1-27(2)21-16(12-20(28)29)13-24-19(26-21)11-14-3-9-18(10-4-14)25-22(30)15-5-7-17(23)8-6-15/h3-10,13H,11-12H2,1-2H3,(H,25,30)(H,28,29). The minimum Gasteiger partial charge on any atom is -0.481 e. The Balaban J connectivity index is 1.69. The summed E-state index contributed by atoms with van der Waals surface area (Å²) in [5, 5.41) is 12.5. The van der Waals surface area contributed by atoms with Crippen LogP contribution in [0.1, 0.15) is 27.3 Å². The molecule has 1 amide bonds. The number of benzene rings is 2. The summed E-state index contributed by atoms with van der Waals surface area (Å²) in [5.74, 6) is 0.0399. The second-order valence-electron chi connectivity index (χ2n) is 6.93. The number of aliphatic carboxylic acids is 1. The molecule has 0 atom stereocenters. The predicted molar refractivity (Wildman–Crippen MR) is 116 cm³/mol. The number of amides is 1. The van der Waals surface area contributed by atoms with E-state index in [2.05, 4.69) is 15.3 Å². The summed E-state index contributed by atoms with van der Waals surface area (Å²) in [6, 6.07) is 14.1. The molecule has 30 heavy (non-hydrogen) atoms. The SMILES string of the molecule is CN(C)c1nc(Cc2ccc(NC(=O)c3ccc(Cl)cc3)cc2)ncc1CC(=O)O. The van der Waals surface area contributed by atoms with E-state index in [4.69, 9.17) is 16.7 Å². The van der Waals surface area contributed by atoms with Crippen LogP contribution in [0.4, 0.5) is 11.5 Å². The van der Waals surface area contributed by atoms with Gasteiger partial charge in [-0.05, 0) is 42.0 Å². The first-order valence-electron chi connectivity index (χ1n) is 9.21. The molecule has 0 unspecified atom stereocenters. The monoisotopic (exact) mass is 424 g/mol. The van der Waals surface area contributed by atoms with Crippen LogP contribution in [0.2, 0.25) is 5.02 Å². The van der Waals surface area contributed by atoms with Crippen LogP contribution >= 0.6 is 11.6 Å². The molecule has 0 saturated heterocycles. The lowest BCUT2D eigenvalue weighted by Gasteiger charge is -2.16. The number of hydrogen-bond acceptors (Lipinski definition) is 5. The molecule has 7 nitrogen and oxygen atoms in total. The van der Waals surface area contributed by atoms with E-state index in [1.54, 1.807) is 35.4 Å². The maximum absolute atomic E-state index is 12.3. The van der Waals surface area contributed by atoms with Crippen molar-refractivity contribution in [2.24, 2.45) is 0 Å². The molecular weight excluding hydrogens is 404 g/mol. The largest absolute Gasteiger partial charge is 0.481 e. The third-order valence-electron chi connectivity index (χ3n) is 4.34. The lowest BCUT2D eigenvalue weighted by atomic mass is 10.1. The number of carbonyl (C=O) groups is 2. The van der Waals surface area contributed by atoms with E-state index in [1.807, 2.05) is 38.4 Å². The highest BCUT2D eigenvalue weighted by atomic mass is 35.5. The number of rotatable bonds is 7. The Kier molecular flexibility index (Phi) is 6.64. The number of carboxylic acids is 1. The van der Waals surface area contributed by atoms with Gasteiger partial charge in [-0.3, -0.25) is 9.59 Å². The van der Waals surface area contributed by atoms with Crippen LogP contribution in [0, 0.1) is 0 Å². The van der Waals surface area contributed by atoms with Crippen molar-refractivity contribution in [3.63, 3.8) is 0 Å². The van der Waals surface area contributed by atoms with Gasteiger partial charge in [0, 0.05) is 48.5 Å². The minimum absolute atomic E-state index is 0.129. The van der Waals surface area contributed by atoms with Gasteiger partial charge in [0.1, 0.15) is 11.6 Å². The van der Waals surface area contributed by atoms with E-state index in [1.165, 1.54) is 0 Å². The fourth-order valence-corrected chi connectivity index (χ4v) is 3.01. The highest BCUT2D eigenvalue weighted by molar-refractivity contribution is 6.30. The van der Waals surface area contributed by atoms with Crippen molar-refractivity contribution in [3.8, 4) is 0 Å². The lowest BCUT2D eigenvalue weighted by molar-refractivity contribution is -0.136. The Morgan fingerprint density at radius 3 is 2.33 bits per heavy atom. The number of aromatic nitrogens is 2. The van der Waals surface area contributed by atoms with E-state index < -0.39 is 5.97 Å². The van der Waals surface area contributed by atoms with Crippen molar-refractivity contribution in [1.82, 2.24) is 9.97 Å². The lowest BCUT2D eigenvalue weighted by Crippen LogP contribution is -2.17. The van der Waals surface area contributed by atoms with Crippen LogP contribution in [0.25, 0.3) is 0 Å². The van der Waals surface area contributed by atoms with Crippen LogP contribution < -0.4 is 10.2 Å². The molecule has 2 N–H and O–H groups in total. The van der Waals surface area contributed by atoms with Gasteiger partial charge < -0.3 is 15.3 Å². The summed E-state index contributed by atoms with van der Waals surface area (Å²) in [5.41, 5.74) is 2.73. The number of anilines is 2. The van der Waals surface area contributed by atoms with Crippen molar-refractivity contribution in [2.45, 2.75) is 12.8 Å². The Labute approximate surface area is 179 Å². The zero-order valence-corrected chi connectivity index (χ0v) is 17.3. The first-order valence-corrected chi connectivity index (χ1v) is 9.59. The number of nitrogens with zero attached hydrogens (tertiary/aromatic N) is 3. The van der Waals surface area contributed by atoms with Gasteiger partial charge >= 0.3 is 5.97 Å². The second kappa shape index (κ2) is 9.37. The number of carboxylic acid groups (broad SMARTS) is 1. The van der Waals surface area contributed by atoms with Crippen molar-refractivity contribution >= 4 is 35.0 Å². The molecule has 0 bridgehead atoms. The van der Waals surface area contributed by atoms with E-state index >= 15 is 0 Å². The molecule has 0 radical (unpaired) electrons. The van der Waals surface area contributed by atoms with Crippen molar-refractivity contribution in [3.05, 3.63) is 82.3 Å². The molecule has 0 spiro atoms. The fourth-order valence-electron chi connectivity index (χ4n) is 2.89. The summed E-state index contributed by atoms with van der Waals surface area (Å²) in [6.07, 6.45) is 1.92.